The SMILES string of the molecule is CCCc1nnc(NC(=O)c2ccco2)s1. The minimum Gasteiger partial charge on any atom is -0.459 e. The van der Waals surface area contributed by atoms with Crippen molar-refractivity contribution >= 4 is 22.4 Å². The first-order valence-electron chi connectivity index (χ1n) is 4.97. The standard InChI is InChI=1S/C10H11N3O2S/c1-2-4-8-12-13-10(16-8)11-9(14)7-5-3-6-15-7/h3,5-6H,2,4H2,1H3,(H,11,13,14). The molecule has 0 saturated heterocycles. The van der Waals surface area contributed by atoms with Gasteiger partial charge in [0.05, 0.1) is 6.26 Å². The first-order chi connectivity index (χ1) is 7.79. The molecular weight excluding hydrogens is 226 g/mol. The lowest BCUT2D eigenvalue weighted by Crippen LogP contribution is -2.10. The minimum absolute atomic E-state index is 0.271. The molecule has 1 N–H and O–H groups in total. The molecule has 0 saturated carbocycles. The summed E-state index contributed by atoms with van der Waals surface area (Å²) in [7, 11) is 0. The van der Waals surface area contributed by atoms with Crippen LogP contribution in [0.4, 0.5) is 5.13 Å². The van der Waals surface area contributed by atoms with E-state index in [2.05, 4.69) is 22.4 Å². The van der Waals surface area contributed by atoms with Crippen LogP contribution in [0, 0.1) is 0 Å². The Hall–Kier alpha value is -1.69. The van der Waals surface area contributed by atoms with Gasteiger partial charge in [0.25, 0.3) is 5.91 Å². The monoisotopic (exact) mass is 237 g/mol. The van der Waals surface area contributed by atoms with Crippen LogP contribution in [0.1, 0.15) is 28.9 Å². The minimum atomic E-state index is -0.302. The molecule has 5 nitrogen and oxygen atoms in total. The second-order valence-electron chi connectivity index (χ2n) is 3.18. The van der Waals surface area contributed by atoms with Gasteiger partial charge < -0.3 is 4.42 Å². The number of carbonyl (C=O) groups excluding carboxylic acids is 1. The fourth-order valence-electron chi connectivity index (χ4n) is 1.19. The third-order valence-corrected chi connectivity index (χ3v) is 2.79. The van der Waals surface area contributed by atoms with Gasteiger partial charge in [-0.3, -0.25) is 10.1 Å². The van der Waals surface area contributed by atoms with Crippen molar-refractivity contribution in [2.24, 2.45) is 0 Å². The summed E-state index contributed by atoms with van der Waals surface area (Å²) >= 11 is 1.39. The Morgan fingerprint density at radius 1 is 1.56 bits per heavy atom. The number of rotatable bonds is 4. The largest absolute Gasteiger partial charge is 0.459 e. The number of nitrogens with one attached hydrogen (secondary N) is 1. The number of amides is 1. The zero-order valence-corrected chi connectivity index (χ0v) is 9.58. The maximum absolute atomic E-state index is 11.6. The highest BCUT2D eigenvalue weighted by Crippen LogP contribution is 2.17. The molecule has 0 aliphatic heterocycles. The van der Waals surface area contributed by atoms with E-state index in [9.17, 15) is 4.79 Å². The summed E-state index contributed by atoms with van der Waals surface area (Å²) < 4.78 is 4.97. The average molecular weight is 237 g/mol. The number of nitrogens with zero attached hydrogens (tertiary/aromatic N) is 2. The predicted octanol–water partition coefficient (Wildman–Crippen LogP) is 2.34. The molecule has 0 bridgehead atoms. The van der Waals surface area contributed by atoms with E-state index in [1.165, 1.54) is 17.6 Å². The van der Waals surface area contributed by atoms with Crippen molar-refractivity contribution in [3.05, 3.63) is 29.2 Å². The molecule has 0 aromatic carbocycles. The highest BCUT2D eigenvalue weighted by molar-refractivity contribution is 7.15. The quantitative estimate of drug-likeness (QED) is 0.886. The van der Waals surface area contributed by atoms with Crippen LogP contribution < -0.4 is 5.32 Å². The molecule has 1 amide bonds. The van der Waals surface area contributed by atoms with E-state index in [1.54, 1.807) is 12.1 Å². The van der Waals surface area contributed by atoms with Gasteiger partial charge in [0, 0.05) is 6.42 Å². The first kappa shape index (κ1) is 10.8. The van der Waals surface area contributed by atoms with Crippen molar-refractivity contribution in [3.8, 4) is 0 Å². The average Bonchev–Trinajstić information content (AvgIpc) is 2.89. The van der Waals surface area contributed by atoms with Crippen LogP contribution in [0.25, 0.3) is 0 Å². The molecule has 0 atom stereocenters. The van der Waals surface area contributed by atoms with Gasteiger partial charge in [-0.2, -0.15) is 0 Å². The Morgan fingerprint density at radius 3 is 3.12 bits per heavy atom. The number of hydrogen-bond acceptors (Lipinski definition) is 5. The van der Waals surface area contributed by atoms with Gasteiger partial charge >= 0.3 is 0 Å². The molecule has 2 rings (SSSR count). The molecule has 84 valence electrons. The number of carbonyl (C=O) groups is 1. The maximum Gasteiger partial charge on any atom is 0.293 e. The molecule has 0 radical (unpaired) electrons. The molecule has 2 aromatic heterocycles. The van der Waals surface area contributed by atoms with Gasteiger partial charge in [0.1, 0.15) is 5.01 Å². The molecule has 2 aromatic rings. The van der Waals surface area contributed by atoms with E-state index in [1.807, 2.05) is 0 Å². The van der Waals surface area contributed by atoms with E-state index < -0.39 is 0 Å². The number of aryl methyl sites for hydroxylation is 1. The number of hydrogen-bond donors (Lipinski definition) is 1. The second-order valence-corrected chi connectivity index (χ2v) is 4.24. The second kappa shape index (κ2) is 4.89. The summed E-state index contributed by atoms with van der Waals surface area (Å²) in [6.45, 7) is 2.07. The fraction of sp³-hybridized carbons (Fsp3) is 0.300. The Labute approximate surface area is 96.5 Å². The van der Waals surface area contributed by atoms with Crippen LogP contribution in [-0.2, 0) is 6.42 Å². The lowest BCUT2D eigenvalue weighted by atomic mass is 10.4. The third kappa shape index (κ3) is 2.46. The van der Waals surface area contributed by atoms with E-state index in [-0.39, 0.29) is 11.7 Å². The van der Waals surface area contributed by atoms with E-state index >= 15 is 0 Å². The molecule has 0 aliphatic carbocycles. The van der Waals surface area contributed by atoms with Crippen LogP contribution in [0.15, 0.2) is 22.8 Å². The number of furan rings is 1. The van der Waals surface area contributed by atoms with Crippen molar-refractivity contribution in [3.63, 3.8) is 0 Å². The summed E-state index contributed by atoms with van der Waals surface area (Å²) in [6.07, 6.45) is 3.35. The number of anilines is 1. The third-order valence-electron chi connectivity index (χ3n) is 1.90. The Balaban J connectivity index is 2.01. The zero-order chi connectivity index (χ0) is 11.4. The molecule has 0 fully saturated rings. The smallest absolute Gasteiger partial charge is 0.293 e. The summed E-state index contributed by atoms with van der Waals surface area (Å²) in [5.74, 6) is -0.0311. The fourth-order valence-corrected chi connectivity index (χ4v) is 2.02. The summed E-state index contributed by atoms with van der Waals surface area (Å²) in [6, 6.07) is 3.26. The summed E-state index contributed by atoms with van der Waals surface area (Å²) in [5, 5.41) is 11.9. The highest BCUT2D eigenvalue weighted by Gasteiger charge is 2.11. The van der Waals surface area contributed by atoms with Crippen LogP contribution >= 0.6 is 11.3 Å². The summed E-state index contributed by atoms with van der Waals surface area (Å²) in [5.41, 5.74) is 0. The lowest BCUT2D eigenvalue weighted by molar-refractivity contribution is 0.0996. The van der Waals surface area contributed by atoms with Gasteiger partial charge in [0.2, 0.25) is 5.13 Å². The number of aromatic nitrogens is 2. The van der Waals surface area contributed by atoms with Crippen molar-refractivity contribution < 1.29 is 9.21 Å². The predicted molar refractivity (Wildman–Crippen MR) is 60.6 cm³/mol. The van der Waals surface area contributed by atoms with Gasteiger partial charge in [0.15, 0.2) is 5.76 Å². The lowest BCUT2D eigenvalue weighted by Gasteiger charge is -1.95. The zero-order valence-electron chi connectivity index (χ0n) is 8.77. The molecule has 0 spiro atoms. The molecular formula is C10H11N3O2S. The van der Waals surface area contributed by atoms with Crippen molar-refractivity contribution in [2.75, 3.05) is 5.32 Å². The molecule has 2 heterocycles. The van der Waals surface area contributed by atoms with Gasteiger partial charge in [-0.1, -0.05) is 18.3 Å². The van der Waals surface area contributed by atoms with Crippen LogP contribution in [-0.4, -0.2) is 16.1 Å². The van der Waals surface area contributed by atoms with E-state index in [0.717, 1.165) is 17.8 Å². The first-order valence-corrected chi connectivity index (χ1v) is 5.78. The van der Waals surface area contributed by atoms with Crippen LogP contribution in [0.2, 0.25) is 0 Å². The van der Waals surface area contributed by atoms with Gasteiger partial charge in [-0.25, -0.2) is 0 Å². The van der Waals surface area contributed by atoms with Crippen molar-refractivity contribution in [1.82, 2.24) is 10.2 Å². The maximum atomic E-state index is 11.6. The highest BCUT2D eigenvalue weighted by atomic mass is 32.1. The van der Waals surface area contributed by atoms with Crippen LogP contribution in [0.5, 0.6) is 0 Å². The molecule has 6 heteroatoms. The Morgan fingerprint density at radius 2 is 2.44 bits per heavy atom. The molecule has 0 aliphatic rings. The van der Waals surface area contributed by atoms with Crippen molar-refractivity contribution in [2.45, 2.75) is 19.8 Å². The van der Waals surface area contributed by atoms with Gasteiger partial charge in [-0.15, -0.1) is 10.2 Å². The summed E-state index contributed by atoms with van der Waals surface area (Å²) in [4.78, 5) is 11.6. The molecule has 16 heavy (non-hydrogen) atoms. The Bertz CT molecular complexity index is 464. The van der Waals surface area contributed by atoms with E-state index in [0.29, 0.717) is 5.13 Å². The normalized spacial score (nSPS) is 10.3. The van der Waals surface area contributed by atoms with Crippen LogP contribution in [0.3, 0.4) is 0 Å². The van der Waals surface area contributed by atoms with Crippen molar-refractivity contribution in [1.29, 1.82) is 0 Å². The van der Waals surface area contributed by atoms with E-state index in [4.69, 9.17) is 4.42 Å². The Kier molecular flexibility index (Phi) is 3.31. The topological polar surface area (TPSA) is 68.0 Å². The van der Waals surface area contributed by atoms with Gasteiger partial charge in [-0.05, 0) is 18.6 Å². The molecule has 0 unspecified atom stereocenters.